The zero-order chi connectivity index (χ0) is 11.5. The van der Waals surface area contributed by atoms with E-state index < -0.39 is 0 Å². The van der Waals surface area contributed by atoms with Gasteiger partial charge in [-0.15, -0.1) is 0 Å². The minimum atomic E-state index is 0.540. The Balaban J connectivity index is 2.03. The van der Waals surface area contributed by atoms with Crippen molar-refractivity contribution in [2.75, 3.05) is 11.1 Å². The first-order valence-electron chi connectivity index (χ1n) is 6.16. The molecule has 0 saturated heterocycles. The Morgan fingerprint density at radius 1 is 1.31 bits per heavy atom. The van der Waals surface area contributed by atoms with Gasteiger partial charge in [0, 0.05) is 6.04 Å². The van der Waals surface area contributed by atoms with Crippen molar-refractivity contribution in [3.05, 3.63) is 18.2 Å². The molecular formula is C13H21N3. The van der Waals surface area contributed by atoms with E-state index >= 15 is 0 Å². The van der Waals surface area contributed by atoms with Gasteiger partial charge in [0.2, 0.25) is 0 Å². The largest absolute Gasteiger partial charge is 0.384 e. The summed E-state index contributed by atoms with van der Waals surface area (Å²) in [6.07, 6.45) is 3.90. The maximum absolute atomic E-state index is 5.67. The highest BCUT2D eigenvalue weighted by Crippen LogP contribution is 2.31. The fourth-order valence-electron chi connectivity index (χ4n) is 2.51. The zero-order valence-corrected chi connectivity index (χ0v) is 10.1. The zero-order valence-electron chi connectivity index (χ0n) is 10.1. The standard InChI is InChI=1S/C13H21N3/c1-9-5-3-6-11(10(9)2)15-13-8-4-7-12(14)16-13/h4,7-11H,3,5-6H2,1-2H3,(H3,14,15,16). The summed E-state index contributed by atoms with van der Waals surface area (Å²) in [5, 5.41) is 3.51. The molecule has 1 saturated carbocycles. The molecule has 88 valence electrons. The molecule has 0 amide bonds. The van der Waals surface area contributed by atoms with Gasteiger partial charge < -0.3 is 11.1 Å². The van der Waals surface area contributed by atoms with Crippen molar-refractivity contribution in [2.24, 2.45) is 11.8 Å². The molecule has 0 aromatic carbocycles. The summed E-state index contributed by atoms with van der Waals surface area (Å²) in [5.74, 6) is 3.00. The lowest BCUT2D eigenvalue weighted by molar-refractivity contribution is 0.253. The second-order valence-electron chi connectivity index (χ2n) is 4.97. The molecule has 16 heavy (non-hydrogen) atoms. The second-order valence-corrected chi connectivity index (χ2v) is 4.97. The number of nitrogens with two attached hydrogens (primary N) is 1. The molecule has 3 atom stereocenters. The maximum atomic E-state index is 5.67. The number of pyridine rings is 1. The minimum absolute atomic E-state index is 0.540. The highest BCUT2D eigenvalue weighted by atomic mass is 15.0. The smallest absolute Gasteiger partial charge is 0.128 e. The molecule has 3 heteroatoms. The van der Waals surface area contributed by atoms with Crippen molar-refractivity contribution in [3.8, 4) is 0 Å². The molecule has 3 nitrogen and oxygen atoms in total. The Bertz CT molecular complexity index is 351. The van der Waals surface area contributed by atoms with Crippen LogP contribution in [0.1, 0.15) is 33.1 Å². The van der Waals surface area contributed by atoms with Crippen LogP contribution < -0.4 is 11.1 Å². The number of hydrogen-bond acceptors (Lipinski definition) is 3. The van der Waals surface area contributed by atoms with Gasteiger partial charge in [-0.1, -0.05) is 32.8 Å². The van der Waals surface area contributed by atoms with Crippen LogP contribution >= 0.6 is 0 Å². The predicted molar refractivity (Wildman–Crippen MR) is 68.2 cm³/mol. The molecule has 1 aliphatic carbocycles. The monoisotopic (exact) mass is 219 g/mol. The van der Waals surface area contributed by atoms with E-state index in [2.05, 4.69) is 24.1 Å². The van der Waals surface area contributed by atoms with E-state index in [1.165, 1.54) is 19.3 Å². The van der Waals surface area contributed by atoms with E-state index in [-0.39, 0.29) is 0 Å². The summed E-state index contributed by atoms with van der Waals surface area (Å²) in [6, 6.07) is 6.29. The van der Waals surface area contributed by atoms with E-state index in [0.717, 1.165) is 11.7 Å². The van der Waals surface area contributed by atoms with Crippen molar-refractivity contribution >= 4 is 11.6 Å². The van der Waals surface area contributed by atoms with E-state index in [1.807, 2.05) is 18.2 Å². The molecule has 1 fully saturated rings. The Labute approximate surface area is 97.5 Å². The van der Waals surface area contributed by atoms with Crippen LogP contribution in [0.2, 0.25) is 0 Å². The summed E-state index contributed by atoms with van der Waals surface area (Å²) in [4.78, 5) is 4.29. The average Bonchev–Trinajstić information content (AvgIpc) is 2.25. The van der Waals surface area contributed by atoms with Crippen LogP contribution in [-0.4, -0.2) is 11.0 Å². The highest BCUT2D eigenvalue weighted by Gasteiger charge is 2.26. The Kier molecular flexibility index (Phi) is 3.32. The molecule has 3 unspecified atom stereocenters. The molecule has 0 aliphatic heterocycles. The highest BCUT2D eigenvalue weighted by molar-refractivity contribution is 5.43. The maximum Gasteiger partial charge on any atom is 0.128 e. The van der Waals surface area contributed by atoms with Gasteiger partial charge in [-0.25, -0.2) is 4.98 Å². The van der Waals surface area contributed by atoms with Crippen LogP contribution in [0.25, 0.3) is 0 Å². The molecule has 1 heterocycles. The Morgan fingerprint density at radius 3 is 2.88 bits per heavy atom. The Morgan fingerprint density at radius 2 is 2.12 bits per heavy atom. The number of anilines is 2. The van der Waals surface area contributed by atoms with Crippen LogP contribution in [0.5, 0.6) is 0 Å². The number of rotatable bonds is 2. The normalized spacial score (nSPS) is 30.0. The van der Waals surface area contributed by atoms with E-state index in [9.17, 15) is 0 Å². The summed E-state index contributed by atoms with van der Waals surface area (Å²) >= 11 is 0. The molecule has 3 N–H and O–H groups in total. The van der Waals surface area contributed by atoms with E-state index in [0.29, 0.717) is 17.8 Å². The van der Waals surface area contributed by atoms with Crippen LogP contribution in [0, 0.1) is 11.8 Å². The third kappa shape index (κ3) is 2.46. The van der Waals surface area contributed by atoms with E-state index in [1.54, 1.807) is 0 Å². The van der Waals surface area contributed by atoms with Crippen LogP contribution in [0.15, 0.2) is 18.2 Å². The topological polar surface area (TPSA) is 50.9 Å². The van der Waals surface area contributed by atoms with Crippen molar-refractivity contribution in [2.45, 2.75) is 39.2 Å². The lowest BCUT2D eigenvalue weighted by atomic mass is 9.78. The van der Waals surface area contributed by atoms with E-state index in [4.69, 9.17) is 5.73 Å². The first-order valence-corrected chi connectivity index (χ1v) is 6.16. The number of nitrogens with zero attached hydrogens (tertiary/aromatic N) is 1. The third-order valence-corrected chi connectivity index (χ3v) is 3.81. The molecule has 0 spiro atoms. The summed E-state index contributed by atoms with van der Waals surface area (Å²) < 4.78 is 0. The number of nitrogen functional groups attached to an aromatic ring is 1. The minimum Gasteiger partial charge on any atom is -0.384 e. The molecule has 0 radical (unpaired) electrons. The summed E-state index contributed by atoms with van der Waals surface area (Å²) in [6.45, 7) is 4.67. The molecular weight excluding hydrogens is 198 g/mol. The van der Waals surface area contributed by atoms with Gasteiger partial charge in [0.1, 0.15) is 11.6 Å². The van der Waals surface area contributed by atoms with Crippen LogP contribution in [-0.2, 0) is 0 Å². The predicted octanol–water partition coefficient (Wildman–Crippen LogP) is 2.90. The fraction of sp³-hybridized carbons (Fsp3) is 0.615. The first-order chi connectivity index (χ1) is 7.66. The van der Waals surface area contributed by atoms with Gasteiger partial charge in [-0.2, -0.15) is 0 Å². The van der Waals surface area contributed by atoms with Gasteiger partial charge in [-0.05, 0) is 30.4 Å². The lowest BCUT2D eigenvalue weighted by Crippen LogP contribution is -2.35. The van der Waals surface area contributed by atoms with Crippen LogP contribution in [0.3, 0.4) is 0 Å². The molecule has 1 aromatic rings. The van der Waals surface area contributed by atoms with Crippen molar-refractivity contribution in [1.82, 2.24) is 4.98 Å². The van der Waals surface area contributed by atoms with Crippen molar-refractivity contribution in [3.63, 3.8) is 0 Å². The quantitative estimate of drug-likeness (QED) is 0.804. The third-order valence-electron chi connectivity index (χ3n) is 3.81. The van der Waals surface area contributed by atoms with Crippen LogP contribution in [0.4, 0.5) is 11.6 Å². The molecule has 1 aliphatic rings. The molecule has 1 aromatic heterocycles. The van der Waals surface area contributed by atoms with Gasteiger partial charge in [0.05, 0.1) is 0 Å². The van der Waals surface area contributed by atoms with Gasteiger partial charge in [0.25, 0.3) is 0 Å². The SMILES string of the molecule is CC1CCCC(Nc2cccc(N)n2)C1C. The molecule has 2 rings (SSSR count). The second kappa shape index (κ2) is 4.73. The van der Waals surface area contributed by atoms with Gasteiger partial charge >= 0.3 is 0 Å². The van der Waals surface area contributed by atoms with Gasteiger partial charge in [-0.3, -0.25) is 0 Å². The van der Waals surface area contributed by atoms with Crippen molar-refractivity contribution < 1.29 is 0 Å². The first kappa shape index (κ1) is 11.2. The molecule has 0 bridgehead atoms. The lowest BCUT2D eigenvalue weighted by Gasteiger charge is -2.34. The summed E-state index contributed by atoms with van der Waals surface area (Å²) in [5.41, 5.74) is 5.67. The van der Waals surface area contributed by atoms with Crippen molar-refractivity contribution in [1.29, 1.82) is 0 Å². The summed E-state index contributed by atoms with van der Waals surface area (Å²) in [7, 11) is 0. The Hall–Kier alpha value is -1.25. The number of nitrogens with one attached hydrogen (secondary N) is 1. The fourth-order valence-corrected chi connectivity index (χ4v) is 2.51. The number of hydrogen-bond donors (Lipinski definition) is 2. The average molecular weight is 219 g/mol. The van der Waals surface area contributed by atoms with Gasteiger partial charge in [0.15, 0.2) is 0 Å². The number of aromatic nitrogens is 1.